The first-order valence-corrected chi connectivity index (χ1v) is 5.64. The van der Waals surface area contributed by atoms with Crippen LogP contribution in [0.25, 0.3) is 0 Å². The van der Waals surface area contributed by atoms with Gasteiger partial charge < -0.3 is 5.73 Å². The zero-order valence-corrected chi connectivity index (χ0v) is 9.65. The molecule has 0 bridgehead atoms. The zero-order valence-electron chi connectivity index (χ0n) is 9.65. The van der Waals surface area contributed by atoms with Crippen molar-refractivity contribution in [3.8, 4) is 0 Å². The summed E-state index contributed by atoms with van der Waals surface area (Å²) in [5.74, 6) is -0.0714. The molecule has 1 aromatic carbocycles. The highest BCUT2D eigenvalue weighted by molar-refractivity contribution is 5.38. The number of alkyl halides is 6. The van der Waals surface area contributed by atoms with Crippen molar-refractivity contribution < 1.29 is 26.3 Å². The molecule has 2 N–H and O–H groups in total. The molecule has 0 amide bonds. The number of rotatable bonds is 2. The van der Waals surface area contributed by atoms with Crippen molar-refractivity contribution >= 4 is 0 Å². The molecule has 0 spiro atoms. The Labute approximate surface area is 105 Å². The molecule has 1 aliphatic rings. The predicted molar refractivity (Wildman–Crippen MR) is 56.1 cm³/mol. The highest BCUT2D eigenvalue weighted by Crippen LogP contribution is 2.45. The van der Waals surface area contributed by atoms with E-state index < -0.39 is 29.5 Å². The van der Waals surface area contributed by atoms with E-state index in [2.05, 4.69) is 0 Å². The van der Waals surface area contributed by atoms with E-state index in [1.807, 2.05) is 0 Å². The van der Waals surface area contributed by atoms with E-state index in [1.165, 1.54) is 0 Å². The molecule has 1 atom stereocenters. The van der Waals surface area contributed by atoms with Gasteiger partial charge in [0, 0.05) is 6.04 Å². The van der Waals surface area contributed by atoms with Gasteiger partial charge in [-0.1, -0.05) is 6.07 Å². The van der Waals surface area contributed by atoms with Crippen LogP contribution >= 0.6 is 0 Å². The predicted octanol–water partition coefficient (Wildman–Crippen LogP) is 4.13. The molecule has 19 heavy (non-hydrogen) atoms. The summed E-state index contributed by atoms with van der Waals surface area (Å²) in [4.78, 5) is 0. The molecule has 1 fully saturated rings. The smallest absolute Gasteiger partial charge is 0.324 e. The van der Waals surface area contributed by atoms with Crippen LogP contribution in [0, 0.1) is 5.92 Å². The van der Waals surface area contributed by atoms with E-state index in [9.17, 15) is 26.3 Å². The molecule has 0 saturated heterocycles. The Kier molecular flexibility index (Phi) is 3.28. The van der Waals surface area contributed by atoms with Crippen LogP contribution in [0.2, 0.25) is 0 Å². The molecule has 1 aromatic rings. The van der Waals surface area contributed by atoms with Crippen LogP contribution in [0.4, 0.5) is 26.3 Å². The number of hydrogen-bond donors (Lipinski definition) is 1. The van der Waals surface area contributed by atoms with E-state index >= 15 is 0 Å². The largest absolute Gasteiger partial charge is 0.416 e. The lowest BCUT2D eigenvalue weighted by Gasteiger charge is -2.19. The lowest BCUT2D eigenvalue weighted by Crippen LogP contribution is -2.20. The molecule has 1 nitrogen and oxygen atoms in total. The summed E-state index contributed by atoms with van der Waals surface area (Å²) in [6.45, 7) is 0. The average molecular weight is 283 g/mol. The Bertz CT molecular complexity index is 472. The van der Waals surface area contributed by atoms with Gasteiger partial charge in [-0.05, 0) is 36.5 Å². The summed E-state index contributed by atoms with van der Waals surface area (Å²) in [7, 11) is 0. The number of hydrogen-bond acceptors (Lipinski definition) is 1. The third kappa shape index (κ3) is 3.02. The van der Waals surface area contributed by atoms with Crippen LogP contribution in [0.5, 0.6) is 0 Å². The standard InChI is InChI=1S/C12H11F6N/c13-11(14,15)7-3-4-8(10(19)6-1-2-6)9(5-7)12(16,17)18/h3-6,10H,1-2,19H2/t10-/m1/s1. The summed E-state index contributed by atoms with van der Waals surface area (Å²) in [6, 6.07) is 0.762. The van der Waals surface area contributed by atoms with Gasteiger partial charge in [0.25, 0.3) is 0 Å². The maximum atomic E-state index is 12.8. The normalized spacial score (nSPS) is 18.5. The monoisotopic (exact) mass is 283 g/mol. The van der Waals surface area contributed by atoms with Crippen LogP contribution in [-0.4, -0.2) is 0 Å². The van der Waals surface area contributed by atoms with Crippen LogP contribution < -0.4 is 5.73 Å². The summed E-state index contributed by atoms with van der Waals surface area (Å²) < 4.78 is 75.9. The van der Waals surface area contributed by atoms with Crippen molar-refractivity contribution in [1.82, 2.24) is 0 Å². The second-order valence-corrected chi connectivity index (χ2v) is 4.66. The molecule has 1 aliphatic carbocycles. The first-order chi connectivity index (χ1) is 8.60. The minimum atomic E-state index is -4.84. The highest BCUT2D eigenvalue weighted by atomic mass is 19.4. The summed E-state index contributed by atoms with van der Waals surface area (Å²) in [5, 5.41) is 0. The Morgan fingerprint density at radius 2 is 1.58 bits per heavy atom. The molecule has 0 aliphatic heterocycles. The Morgan fingerprint density at radius 1 is 1.00 bits per heavy atom. The van der Waals surface area contributed by atoms with Crippen molar-refractivity contribution in [3.05, 3.63) is 34.9 Å². The molecule has 0 radical (unpaired) electrons. The molecule has 0 heterocycles. The van der Waals surface area contributed by atoms with Crippen molar-refractivity contribution in [2.45, 2.75) is 31.2 Å². The zero-order chi connectivity index (χ0) is 14.4. The van der Waals surface area contributed by atoms with Gasteiger partial charge in [0.1, 0.15) is 0 Å². The first kappa shape index (κ1) is 14.2. The second kappa shape index (κ2) is 4.40. The van der Waals surface area contributed by atoms with Crippen molar-refractivity contribution in [2.75, 3.05) is 0 Å². The fourth-order valence-electron chi connectivity index (χ4n) is 1.98. The second-order valence-electron chi connectivity index (χ2n) is 4.66. The average Bonchev–Trinajstić information content (AvgIpc) is 3.08. The Balaban J connectivity index is 2.49. The highest BCUT2D eigenvalue weighted by Gasteiger charge is 2.41. The van der Waals surface area contributed by atoms with Crippen LogP contribution in [0.15, 0.2) is 18.2 Å². The lowest BCUT2D eigenvalue weighted by molar-refractivity contribution is -0.143. The fourth-order valence-corrected chi connectivity index (χ4v) is 1.98. The number of benzene rings is 1. The van der Waals surface area contributed by atoms with Gasteiger partial charge in [-0.3, -0.25) is 0 Å². The SMILES string of the molecule is N[C@@H](c1ccc(C(F)(F)F)cc1C(F)(F)F)C1CC1. The molecule has 0 aromatic heterocycles. The van der Waals surface area contributed by atoms with Gasteiger partial charge in [0.15, 0.2) is 0 Å². The lowest BCUT2D eigenvalue weighted by atomic mass is 9.95. The van der Waals surface area contributed by atoms with Gasteiger partial charge in [0.2, 0.25) is 0 Å². The molecule has 1 saturated carbocycles. The Hall–Kier alpha value is -1.24. The van der Waals surface area contributed by atoms with E-state index in [0.717, 1.165) is 6.07 Å². The molecule has 2 rings (SSSR count). The maximum absolute atomic E-state index is 12.8. The van der Waals surface area contributed by atoms with Crippen LogP contribution in [0.1, 0.15) is 35.6 Å². The fraction of sp³-hybridized carbons (Fsp3) is 0.500. The minimum absolute atomic E-state index is 0.0714. The minimum Gasteiger partial charge on any atom is -0.324 e. The van der Waals surface area contributed by atoms with Crippen LogP contribution in [-0.2, 0) is 12.4 Å². The van der Waals surface area contributed by atoms with E-state index in [0.29, 0.717) is 18.9 Å². The molecule has 7 heteroatoms. The Morgan fingerprint density at radius 3 is 2.00 bits per heavy atom. The summed E-state index contributed by atoms with van der Waals surface area (Å²) in [6.07, 6.45) is -8.23. The van der Waals surface area contributed by atoms with E-state index in [1.54, 1.807) is 0 Å². The molecular formula is C12H11F6N. The maximum Gasteiger partial charge on any atom is 0.416 e. The first-order valence-electron chi connectivity index (χ1n) is 5.64. The molecule has 0 unspecified atom stereocenters. The van der Waals surface area contributed by atoms with E-state index in [4.69, 9.17) is 5.73 Å². The number of halogens is 6. The van der Waals surface area contributed by atoms with Gasteiger partial charge in [0.05, 0.1) is 11.1 Å². The van der Waals surface area contributed by atoms with Gasteiger partial charge in [-0.15, -0.1) is 0 Å². The number of nitrogens with two attached hydrogens (primary N) is 1. The van der Waals surface area contributed by atoms with Gasteiger partial charge in [-0.25, -0.2) is 0 Å². The van der Waals surface area contributed by atoms with Crippen LogP contribution in [0.3, 0.4) is 0 Å². The van der Waals surface area contributed by atoms with Crippen molar-refractivity contribution in [3.63, 3.8) is 0 Å². The summed E-state index contributed by atoms with van der Waals surface area (Å²) >= 11 is 0. The van der Waals surface area contributed by atoms with Crippen molar-refractivity contribution in [2.24, 2.45) is 11.7 Å². The van der Waals surface area contributed by atoms with E-state index in [-0.39, 0.29) is 17.5 Å². The van der Waals surface area contributed by atoms with Gasteiger partial charge >= 0.3 is 12.4 Å². The molecular weight excluding hydrogens is 272 g/mol. The molecule has 106 valence electrons. The third-order valence-electron chi connectivity index (χ3n) is 3.18. The van der Waals surface area contributed by atoms with Crippen molar-refractivity contribution in [1.29, 1.82) is 0 Å². The topological polar surface area (TPSA) is 26.0 Å². The quantitative estimate of drug-likeness (QED) is 0.811. The summed E-state index contributed by atoms with van der Waals surface area (Å²) in [5.41, 5.74) is 2.81. The third-order valence-corrected chi connectivity index (χ3v) is 3.18. The van der Waals surface area contributed by atoms with Gasteiger partial charge in [-0.2, -0.15) is 26.3 Å².